The number of hydrogen-bond acceptors (Lipinski definition) is 5. The van der Waals surface area contributed by atoms with Crippen LogP contribution in [0.1, 0.15) is 5.56 Å². The van der Waals surface area contributed by atoms with E-state index in [1.54, 1.807) is 35.2 Å². The van der Waals surface area contributed by atoms with Gasteiger partial charge in [-0.15, -0.1) is 11.8 Å². The molecule has 170 valence electrons. The van der Waals surface area contributed by atoms with Gasteiger partial charge in [-0.1, -0.05) is 30.3 Å². The lowest BCUT2D eigenvalue weighted by Gasteiger charge is -2.50. The van der Waals surface area contributed by atoms with Crippen molar-refractivity contribution in [3.8, 4) is 0 Å². The number of aromatic amines is 1. The number of carbonyl (C=O) groups is 1. The summed E-state index contributed by atoms with van der Waals surface area (Å²) in [5.74, 6) is 0.565. The Morgan fingerprint density at radius 2 is 1.88 bits per heavy atom. The number of benzene rings is 2. The van der Waals surface area contributed by atoms with E-state index in [2.05, 4.69) is 15.4 Å². The van der Waals surface area contributed by atoms with Crippen molar-refractivity contribution in [1.29, 1.82) is 0 Å². The fourth-order valence-corrected chi connectivity index (χ4v) is 5.03. The molecule has 0 saturated carbocycles. The van der Waals surface area contributed by atoms with Gasteiger partial charge in [-0.25, -0.2) is 4.79 Å². The number of carboxylic acid groups (broad SMARTS) is 1. The Morgan fingerprint density at radius 3 is 2.59 bits per heavy atom. The van der Waals surface area contributed by atoms with Crippen molar-refractivity contribution in [2.75, 3.05) is 31.9 Å². The molecule has 7 nitrogen and oxygen atoms in total. The zero-order valence-electron chi connectivity index (χ0n) is 17.0. The van der Waals surface area contributed by atoms with Crippen LogP contribution in [0.3, 0.4) is 0 Å². The van der Waals surface area contributed by atoms with Crippen molar-refractivity contribution in [1.82, 2.24) is 25.2 Å². The van der Waals surface area contributed by atoms with Gasteiger partial charge < -0.3 is 5.11 Å². The second-order valence-corrected chi connectivity index (χ2v) is 8.89. The maximum Gasteiger partial charge on any atom is 0.413 e. The molecule has 1 aliphatic rings. The summed E-state index contributed by atoms with van der Waals surface area (Å²) < 4.78 is 43.3. The highest BCUT2D eigenvalue weighted by atomic mass is 32.2. The van der Waals surface area contributed by atoms with E-state index in [1.165, 1.54) is 11.8 Å². The summed E-state index contributed by atoms with van der Waals surface area (Å²) in [7, 11) is 0. The molecule has 2 heterocycles. The third kappa shape index (κ3) is 4.53. The van der Waals surface area contributed by atoms with Gasteiger partial charge in [0, 0.05) is 43.2 Å². The number of fused-ring (bicyclic) bond motifs is 1. The monoisotopic (exact) mass is 465 g/mol. The van der Waals surface area contributed by atoms with Crippen LogP contribution in [0.2, 0.25) is 0 Å². The maximum atomic E-state index is 14.4. The SMILES string of the molecule is O=C(O)N1CCN(CCSc2ccc3n[nH]nc3c2)CC1(Cc1ccccc1)C(F)(F)F. The van der Waals surface area contributed by atoms with Crippen LogP contribution in [-0.2, 0) is 6.42 Å². The first-order valence-electron chi connectivity index (χ1n) is 10.1. The van der Waals surface area contributed by atoms with Crippen LogP contribution >= 0.6 is 11.8 Å². The van der Waals surface area contributed by atoms with Gasteiger partial charge in [-0.2, -0.15) is 28.6 Å². The zero-order chi connectivity index (χ0) is 22.8. The number of amides is 1. The highest BCUT2D eigenvalue weighted by Gasteiger charge is 2.62. The van der Waals surface area contributed by atoms with Crippen LogP contribution < -0.4 is 0 Å². The topological polar surface area (TPSA) is 85.4 Å². The molecule has 1 saturated heterocycles. The van der Waals surface area contributed by atoms with Gasteiger partial charge >= 0.3 is 12.3 Å². The molecule has 3 aromatic rings. The number of nitrogens with zero attached hydrogens (tertiary/aromatic N) is 4. The molecule has 1 aliphatic heterocycles. The summed E-state index contributed by atoms with van der Waals surface area (Å²) in [6.45, 7) is 0.0568. The molecule has 2 N–H and O–H groups in total. The predicted octanol–water partition coefficient (Wildman–Crippen LogP) is 3.89. The molecule has 1 unspecified atom stereocenters. The van der Waals surface area contributed by atoms with E-state index in [0.717, 1.165) is 15.9 Å². The highest BCUT2D eigenvalue weighted by molar-refractivity contribution is 7.99. The first-order valence-corrected chi connectivity index (χ1v) is 11.0. The van der Waals surface area contributed by atoms with E-state index in [-0.39, 0.29) is 13.1 Å². The third-order valence-electron chi connectivity index (χ3n) is 5.70. The van der Waals surface area contributed by atoms with Gasteiger partial charge in [0.25, 0.3) is 0 Å². The summed E-state index contributed by atoms with van der Waals surface area (Å²) in [6, 6.07) is 13.8. The minimum Gasteiger partial charge on any atom is -0.465 e. The summed E-state index contributed by atoms with van der Waals surface area (Å²) >= 11 is 1.52. The molecule has 0 aliphatic carbocycles. The smallest absolute Gasteiger partial charge is 0.413 e. The Hall–Kier alpha value is -2.79. The first-order chi connectivity index (χ1) is 15.3. The average Bonchev–Trinajstić information content (AvgIpc) is 3.21. The average molecular weight is 466 g/mol. The van der Waals surface area contributed by atoms with Crippen LogP contribution in [0.5, 0.6) is 0 Å². The van der Waals surface area contributed by atoms with Crippen LogP contribution in [0.4, 0.5) is 18.0 Å². The summed E-state index contributed by atoms with van der Waals surface area (Å²) in [5.41, 5.74) is -0.574. The van der Waals surface area contributed by atoms with E-state index in [0.29, 0.717) is 22.8 Å². The van der Waals surface area contributed by atoms with Crippen LogP contribution in [-0.4, -0.2) is 80.1 Å². The lowest BCUT2D eigenvalue weighted by molar-refractivity contribution is -0.239. The Bertz CT molecular complexity index is 1080. The molecule has 4 rings (SSSR count). The van der Waals surface area contributed by atoms with Gasteiger partial charge in [0.1, 0.15) is 11.0 Å². The van der Waals surface area contributed by atoms with Crippen molar-refractivity contribution < 1.29 is 23.1 Å². The standard InChI is InChI=1S/C21H22F3N5O2S/c22-21(23,24)20(13-15-4-2-1-3-5-15)14-28(8-9-29(20)19(30)31)10-11-32-16-6-7-17-18(12-16)26-27-25-17/h1-7,12H,8-11,13-14H2,(H,30,31)(H,25,26,27). The Morgan fingerprint density at radius 1 is 1.12 bits per heavy atom. The summed E-state index contributed by atoms with van der Waals surface area (Å²) in [5, 5.41) is 20.2. The van der Waals surface area contributed by atoms with Crippen molar-refractivity contribution in [3.05, 3.63) is 54.1 Å². The molecule has 0 bridgehead atoms. The van der Waals surface area contributed by atoms with Gasteiger partial charge in [0.05, 0.1) is 0 Å². The molecular weight excluding hydrogens is 443 g/mol. The lowest BCUT2D eigenvalue weighted by atomic mass is 9.85. The van der Waals surface area contributed by atoms with Crippen LogP contribution in [0.15, 0.2) is 53.4 Å². The summed E-state index contributed by atoms with van der Waals surface area (Å²) in [6.07, 6.45) is -6.69. The maximum absolute atomic E-state index is 14.4. The minimum absolute atomic E-state index is 0.197. The lowest BCUT2D eigenvalue weighted by Crippen LogP contribution is -2.71. The van der Waals surface area contributed by atoms with E-state index >= 15 is 0 Å². The quantitative estimate of drug-likeness (QED) is 0.538. The molecule has 32 heavy (non-hydrogen) atoms. The summed E-state index contributed by atoms with van der Waals surface area (Å²) in [4.78, 5) is 15.0. The molecule has 1 amide bonds. The largest absolute Gasteiger partial charge is 0.465 e. The van der Waals surface area contributed by atoms with E-state index < -0.39 is 30.8 Å². The molecule has 2 aromatic carbocycles. The number of rotatable bonds is 6. The van der Waals surface area contributed by atoms with E-state index in [1.807, 2.05) is 18.2 Å². The Kier molecular flexibility index (Phi) is 6.29. The van der Waals surface area contributed by atoms with Crippen LogP contribution in [0.25, 0.3) is 11.0 Å². The van der Waals surface area contributed by atoms with E-state index in [4.69, 9.17) is 0 Å². The van der Waals surface area contributed by atoms with Gasteiger partial charge in [0.2, 0.25) is 0 Å². The van der Waals surface area contributed by atoms with Gasteiger partial charge in [-0.05, 0) is 23.8 Å². The van der Waals surface area contributed by atoms with Crippen molar-refractivity contribution in [2.45, 2.75) is 23.0 Å². The predicted molar refractivity (Wildman–Crippen MR) is 115 cm³/mol. The third-order valence-corrected chi connectivity index (χ3v) is 6.68. The molecule has 0 spiro atoms. The number of H-pyrrole nitrogens is 1. The second kappa shape index (κ2) is 8.99. The number of thioether (sulfide) groups is 1. The number of halogens is 3. The van der Waals surface area contributed by atoms with E-state index in [9.17, 15) is 23.1 Å². The molecule has 1 atom stereocenters. The fraction of sp³-hybridized carbons (Fsp3) is 0.381. The van der Waals surface area contributed by atoms with Crippen molar-refractivity contribution >= 4 is 28.9 Å². The second-order valence-electron chi connectivity index (χ2n) is 7.72. The normalized spacial score (nSPS) is 20.0. The number of hydrogen-bond donors (Lipinski definition) is 2. The molecule has 0 radical (unpaired) electrons. The number of nitrogens with one attached hydrogen (secondary N) is 1. The van der Waals surface area contributed by atoms with Crippen molar-refractivity contribution in [3.63, 3.8) is 0 Å². The van der Waals surface area contributed by atoms with Crippen LogP contribution in [0, 0.1) is 0 Å². The number of piperazine rings is 1. The first kappa shape index (κ1) is 22.4. The van der Waals surface area contributed by atoms with Gasteiger partial charge in [-0.3, -0.25) is 9.80 Å². The number of alkyl halides is 3. The number of aromatic nitrogens is 3. The van der Waals surface area contributed by atoms with Gasteiger partial charge in [0.15, 0.2) is 5.54 Å². The molecule has 1 aromatic heterocycles. The Labute approximate surface area is 186 Å². The van der Waals surface area contributed by atoms with Crippen molar-refractivity contribution in [2.24, 2.45) is 0 Å². The fourth-order valence-electron chi connectivity index (χ4n) is 4.09. The minimum atomic E-state index is -4.72. The zero-order valence-corrected chi connectivity index (χ0v) is 17.9. The molecule has 11 heteroatoms. The molecular formula is C21H22F3N5O2S. The highest BCUT2D eigenvalue weighted by Crippen LogP contribution is 2.41. The Balaban J connectivity index is 1.49. The molecule has 1 fully saturated rings.